The maximum absolute atomic E-state index is 13.6. The van der Waals surface area contributed by atoms with E-state index in [1.807, 2.05) is 0 Å². The Balaban J connectivity index is 3.46. The summed E-state index contributed by atoms with van der Waals surface area (Å²) in [5, 5.41) is 0. The minimum Gasteiger partial charge on any atom is -0.294 e. The summed E-state index contributed by atoms with van der Waals surface area (Å²) in [7, 11) is -25.9. The molecule has 126 valence electrons. The molecule has 0 aliphatic carbocycles. The molecule has 0 saturated heterocycles. The average Bonchev–Trinajstić information content (AvgIpc) is 2.04. The second-order valence-electron chi connectivity index (χ2n) is 3.09. The average molecular weight is 412 g/mol. The number of hydrogen-bond donors (Lipinski definition) is 0. The Morgan fingerprint density at radius 1 is 0.667 bits per heavy atom. The van der Waals surface area contributed by atoms with E-state index in [-0.39, 0.29) is 0 Å². The van der Waals surface area contributed by atoms with E-state index < -0.39 is 44.0 Å². The van der Waals surface area contributed by atoms with Crippen molar-refractivity contribution in [3.05, 3.63) is 0 Å². The number of nitrogens with zero attached hydrogens (tertiary/aromatic N) is 4. The van der Waals surface area contributed by atoms with Gasteiger partial charge in [0, 0.05) is 0 Å². The molecule has 0 N–H and O–H groups in total. The molecule has 0 aromatic heterocycles. The van der Waals surface area contributed by atoms with E-state index in [1.165, 1.54) is 9.03 Å². The van der Waals surface area contributed by atoms with Crippen LogP contribution in [0.5, 0.6) is 0 Å². The zero-order valence-electron chi connectivity index (χ0n) is 8.97. The minimum absolute atomic E-state index is 1.37. The van der Waals surface area contributed by atoms with E-state index in [2.05, 4.69) is 4.52 Å². The SMILES string of the molecule is FC(F)(F)COP1(F)=NP(F)(F)=NP(F)(F)=NP(F)(F)=N1. The summed E-state index contributed by atoms with van der Waals surface area (Å²) in [6, 6.07) is 0. The summed E-state index contributed by atoms with van der Waals surface area (Å²) in [6.45, 7) is -2.56. The van der Waals surface area contributed by atoms with Gasteiger partial charge in [-0.25, -0.2) is 0 Å². The molecule has 5 nitrogen and oxygen atoms in total. The molecule has 1 aliphatic rings. The fraction of sp³-hybridized carbons (Fsp3) is 1.00. The van der Waals surface area contributed by atoms with Gasteiger partial charge >= 0.3 is 37.4 Å². The van der Waals surface area contributed by atoms with E-state index in [4.69, 9.17) is 0 Å². The van der Waals surface area contributed by atoms with E-state index in [9.17, 15) is 42.5 Å². The lowest BCUT2D eigenvalue weighted by molar-refractivity contribution is -0.153. The smallest absolute Gasteiger partial charge is 0.294 e. The van der Waals surface area contributed by atoms with Crippen LogP contribution in [-0.2, 0) is 4.52 Å². The van der Waals surface area contributed by atoms with Crippen LogP contribution in [0.2, 0.25) is 0 Å². The highest BCUT2D eigenvalue weighted by molar-refractivity contribution is 7.77. The van der Waals surface area contributed by atoms with Gasteiger partial charge in [-0.05, 0) is 0 Å². The topological polar surface area (TPSA) is 58.7 Å². The Hall–Kier alpha value is 0.180. The second kappa shape index (κ2) is 5.67. The van der Waals surface area contributed by atoms with Gasteiger partial charge in [-0.1, -0.05) is 0 Å². The molecule has 0 amide bonds. The zero-order chi connectivity index (χ0) is 16.7. The molecule has 0 saturated carbocycles. The summed E-state index contributed by atoms with van der Waals surface area (Å²) < 4.78 is 135. The Bertz CT molecular complexity index is 630. The van der Waals surface area contributed by atoms with E-state index in [0.717, 1.165) is 0 Å². The molecule has 0 aromatic carbocycles. The summed E-state index contributed by atoms with van der Waals surface area (Å²) in [6.07, 6.45) is -5.26. The van der Waals surface area contributed by atoms with Crippen LogP contribution in [0.3, 0.4) is 0 Å². The first-order chi connectivity index (χ1) is 9.04. The van der Waals surface area contributed by atoms with Crippen molar-refractivity contribution in [1.29, 1.82) is 0 Å². The molecule has 0 fully saturated rings. The van der Waals surface area contributed by atoms with Crippen molar-refractivity contribution >= 4 is 31.2 Å². The third-order valence-corrected chi connectivity index (χ3v) is 8.65. The number of rotatable bonds is 2. The molecule has 0 aromatic rings. The third-order valence-electron chi connectivity index (χ3n) is 1.26. The zero-order valence-corrected chi connectivity index (χ0v) is 12.6. The Morgan fingerprint density at radius 3 is 1.48 bits per heavy atom. The summed E-state index contributed by atoms with van der Waals surface area (Å²) in [5.74, 6) is 0. The number of alkyl halides is 3. The first kappa shape index (κ1) is 19.2. The molecule has 0 bridgehead atoms. The van der Waals surface area contributed by atoms with Crippen molar-refractivity contribution in [2.45, 2.75) is 6.18 Å². The highest BCUT2D eigenvalue weighted by Gasteiger charge is 2.42. The quantitative estimate of drug-likeness (QED) is 0.334. The van der Waals surface area contributed by atoms with Crippen molar-refractivity contribution in [2.75, 3.05) is 6.61 Å². The molecule has 1 atom stereocenters. The van der Waals surface area contributed by atoms with Crippen LogP contribution in [0.15, 0.2) is 18.1 Å². The van der Waals surface area contributed by atoms with Crippen molar-refractivity contribution < 1.29 is 47.1 Å². The normalized spacial score (nSPS) is 30.8. The maximum atomic E-state index is 13.6. The standard InChI is InChI=1S/C2H2F10N4OP4/c3-2(4,5)1-17-21(12)15-19(8,9)13-18(6,7)14-20(10,11)16-21/h1H2. The van der Waals surface area contributed by atoms with E-state index >= 15 is 0 Å². The van der Waals surface area contributed by atoms with Gasteiger partial charge in [0.15, 0.2) is 6.61 Å². The molecule has 19 heteroatoms. The molecule has 1 unspecified atom stereocenters. The fourth-order valence-corrected chi connectivity index (χ4v) is 7.58. The molecule has 1 aliphatic heterocycles. The van der Waals surface area contributed by atoms with Gasteiger partial charge in [0.2, 0.25) is 0 Å². The molecule has 0 radical (unpaired) electrons. The molecule has 0 spiro atoms. The largest absolute Gasteiger partial charge is 0.425 e. The van der Waals surface area contributed by atoms with Gasteiger partial charge in [-0.15, -0.1) is 43.2 Å². The highest BCUT2D eigenvalue weighted by atomic mass is 31.3. The molecular formula is C2H2F10N4OP4. The Morgan fingerprint density at radius 2 is 1.05 bits per heavy atom. The van der Waals surface area contributed by atoms with Crippen molar-refractivity contribution in [2.24, 2.45) is 18.1 Å². The lowest BCUT2D eigenvalue weighted by Crippen LogP contribution is -2.15. The van der Waals surface area contributed by atoms with Gasteiger partial charge < -0.3 is 0 Å². The molecule has 1 rings (SSSR count). The van der Waals surface area contributed by atoms with Crippen LogP contribution in [0, 0.1) is 0 Å². The van der Waals surface area contributed by atoms with Crippen LogP contribution in [0.1, 0.15) is 0 Å². The summed E-state index contributed by atoms with van der Waals surface area (Å²) in [4.78, 5) is 0. The summed E-state index contributed by atoms with van der Waals surface area (Å²) in [5.41, 5.74) is 0. The second-order valence-corrected chi connectivity index (χ2v) is 9.89. The van der Waals surface area contributed by atoms with Crippen molar-refractivity contribution in [3.63, 3.8) is 0 Å². The Kier molecular flexibility index (Phi) is 5.19. The first-order valence-corrected chi connectivity index (χ1v) is 10.1. The van der Waals surface area contributed by atoms with E-state index in [0.29, 0.717) is 0 Å². The lowest BCUT2D eigenvalue weighted by atomic mass is 10.7. The highest BCUT2D eigenvalue weighted by Crippen LogP contribution is 2.82. The van der Waals surface area contributed by atoms with Gasteiger partial charge in [-0.2, -0.15) is 17.4 Å². The van der Waals surface area contributed by atoms with Gasteiger partial charge in [0.05, 0.1) is 0 Å². The predicted octanol–water partition coefficient (Wildman–Crippen LogP) is 8.15. The fourth-order valence-electron chi connectivity index (χ4n) is 0.803. The first-order valence-electron chi connectivity index (χ1n) is 4.17. The number of halogens is 10. The Labute approximate surface area is 110 Å². The van der Waals surface area contributed by atoms with E-state index in [1.54, 1.807) is 9.03 Å². The van der Waals surface area contributed by atoms with Crippen LogP contribution in [0.4, 0.5) is 42.5 Å². The molecule has 21 heavy (non-hydrogen) atoms. The van der Waals surface area contributed by atoms with Gasteiger partial charge in [0.25, 0.3) is 0 Å². The number of hydrogen-bond acceptors (Lipinski definition) is 5. The maximum Gasteiger partial charge on any atom is 0.425 e. The molecular weight excluding hydrogens is 410 g/mol. The third kappa shape index (κ3) is 6.86. The van der Waals surface area contributed by atoms with Crippen LogP contribution >= 0.6 is 31.2 Å². The van der Waals surface area contributed by atoms with Crippen molar-refractivity contribution in [3.8, 4) is 0 Å². The summed E-state index contributed by atoms with van der Waals surface area (Å²) >= 11 is 0. The minimum atomic E-state index is -6.56. The van der Waals surface area contributed by atoms with Crippen molar-refractivity contribution in [1.82, 2.24) is 0 Å². The van der Waals surface area contributed by atoms with Crippen LogP contribution < -0.4 is 0 Å². The lowest BCUT2D eigenvalue weighted by Gasteiger charge is -2.16. The monoisotopic (exact) mass is 412 g/mol. The predicted molar refractivity (Wildman–Crippen MR) is 57.2 cm³/mol. The van der Waals surface area contributed by atoms with Gasteiger partial charge in [0.1, 0.15) is 0 Å². The van der Waals surface area contributed by atoms with Crippen LogP contribution in [0.25, 0.3) is 0 Å². The van der Waals surface area contributed by atoms with Crippen LogP contribution in [-0.4, -0.2) is 12.8 Å². The molecule has 1 heterocycles. The van der Waals surface area contributed by atoms with Gasteiger partial charge in [-0.3, -0.25) is 4.52 Å².